The van der Waals surface area contributed by atoms with Crippen molar-refractivity contribution < 1.29 is 19.1 Å². The Morgan fingerprint density at radius 1 is 1.09 bits per heavy atom. The summed E-state index contributed by atoms with van der Waals surface area (Å²) in [6.07, 6.45) is 5.53. The highest BCUT2D eigenvalue weighted by atomic mass is 35.5. The quantitative estimate of drug-likeness (QED) is 0.282. The molecule has 0 spiro atoms. The first-order valence-corrected chi connectivity index (χ1v) is 13.0. The van der Waals surface area contributed by atoms with Crippen LogP contribution in [0.5, 0.6) is 5.75 Å². The van der Waals surface area contributed by atoms with E-state index in [0.29, 0.717) is 38.6 Å². The Hall–Kier alpha value is -1.40. The molecule has 0 radical (unpaired) electrons. The summed E-state index contributed by atoms with van der Waals surface area (Å²) >= 11 is 19.8. The number of Topliss-reactive ketones (excluding diaryl/α,β-unsaturated/α-hetero) is 1. The molecule has 4 rings (SSSR count). The number of methoxy groups -OCH3 is 1. The Morgan fingerprint density at radius 3 is 2.52 bits per heavy atom. The van der Waals surface area contributed by atoms with Gasteiger partial charge in [-0.3, -0.25) is 9.59 Å². The molecule has 1 aliphatic carbocycles. The van der Waals surface area contributed by atoms with Crippen molar-refractivity contribution in [2.45, 2.75) is 60.7 Å². The van der Waals surface area contributed by atoms with Gasteiger partial charge in [0.05, 0.1) is 22.2 Å². The van der Waals surface area contributed by atoms with Gasteiger partial charge in [-0.15, -0.1) is 11.8 Å². The number of ether oxygens (including phenoxy) is 2. The average Bonchev–Trinajstić information content (AvgIpc) is 3.33. The maximum absolute atomic E-state index is 13.3. The number of esters is 1. The van der Waals surface area contributed by atoms with Gasteiger partial charge in [0, 0.05) is 11.3 Å². The van der Waals surface area contributed by atoms with Gasteiger partial charge in [0.2, 0.25) is 0 Å². The highest BCUT2D eigenvalue weighted by Gasteiger charge is 2.51. The van der Waals surface area contributed by atoms with Gasteiger partial charge in [-0.05, 0) is 61.4 Å². The highest BCUT2D eigenvalue weighted by Crippen LogP contribution is 2.47. The fourth-order valence-corrected chi connectivity index (χ4v) is 6.62. The Labute approximate surface area is 213 Å². The summed E-state index contributed by atoms with van der Waals surface area (Å²) in [6.45, 7) is 0. The normalized spacial score (nSPS) is 23.6. The zero-order valence-electron chi connectivity index (χ0n) is 18.2. The van der Waals surface area contributed by atoms with Crippen molar-refractivity contribution >= 4 is 58.3 Å². The first-order valence-electron chi connectivity index (χ1n) is 11.0. The second-order valence-electron chi connectivity index (χ2n) is 8.63. The van der Waals surface area contributed by atoms with Crippen LogP contribution in [0.2, 0.25) is 15.1 Å². The molecule has 0 aromatic heterocycles. The third-order valence-corrected chi connectivity index (χ3v) is 9.11. The van der Waals surface area contributed by atoms with Gasteiger partial charge in [0.15, 0.2) is 11.0 Å². The molecule has 2 fully saturated rings. The van der Waals surface area contributed by atoms with E-state index in [4.69, 9.17) is 44.3 Å². The summed E-state index contributed by atoms with van der Waals surface area (Å²) in [6, 6.07) is 10.8. The molecule has 2 unspecified atom stereocenters. The number of cyclic esters (lactones) is 1. The Kier molecular flexibility index (Phi) is 7.84. The topological polar surface area (TPSA) is 52.6 Å². The van der Waals surface area contributed by atoms with E-state index >= 15 is 0 Å². The van der Waals surface area contributed by atoms with Gasteiger partial charge >= 0.3 is 5.97 Å². The summed E-state index contributed by atoms with van der Waals surface area (Å²) in [5, 5.41) is 0.327. The largest absolute Gasteiger partial charge is 0.495 e. The molecular weight excluding hydrogens is 503 g/mol. The number of thioether (sulfide) groups is 1. The van der Waals surface area contributed by atoms with Crippen LogP contribution in [0.4, 0.5) is 0 Å². The van der Waals surface area contributed by atoms with E-state index in [1.807, 2.05) is 18.2 Å². The zero-order valence-corrected chi connectivity index (χ0v) is 21.3. The van der Waals surface area contributed by atoms with E-state index in [1.54, 1.807) is 25.3 Å². The van der Waals surface area contributed by atoms with Crippen molar-refractivity contribution in [2.24, 2.45) is 5.92 Å². The smallest absolute Gasteiger partial charge is 0.327 e. The number of rotatable bonds is 7. The molecule has 1 heterocycles. The number of hydrogen-bond donors (Lipinski definition) is 0. The van der Waals surface area contributed by atoms with Crippen molar-refractivity contribution in [2.75, 3.05) is 7.11 Å². The fraction of sp³-hybridized carbons (Fsp3) is 0.440. The molecule has 1 aliphatic heterocycles. The van der Waals surface area contributed by atoms with E-state index < -0.39 is 16.8 Å². The Morgan fingerprint density at radius 2 is 1.85 bits per heavy atom. The standard InChI is InChI=1S/C25H25Cl3O4S/c1-31-20-10-9-15(13-18(20)27)11-12-25(16-5-2-3-6-16)14-19(29)23(24(30)32-25)33-21-8-4-7-17(26)22(21)28/h4,7-10,13,16,23H,2-3,5-6,11-12,14H2,1H3. The lowest BCUT2D eigenvalue weighted by Crippen LogP contribution is -2.53. The van der Waals surface area contributed by atoms with Gasteiger partial charge in [0.1, 0.15) is 11.4 Å². The molecule has 176 valence electrons. The minimum atomic E-state index is -0.939. The van der Waals surface area contributed by atoms with Crippen molar-refractivity contribution in [3.8, 4) is 5.75 Å². The Balaban J connectivity index is 1.54. The number of carbonyl (C=O) groups is 2. The van der Waals surface area contributed by atoms with Crippen LogP contribution in [0.15, 0.2) is 41.3 Å². The molecule has 0 N–H and O–H groups in total. The minimum Gasteiger partial charge on any atom is -0.495 e. The molecule has 1 saturated heterocycles. The van der Waals surface area contributed by atoms with Crippen LogP contribution >= 0.6 is 46.6 Å². The van der Waals surface area contributed by atoms with Crippen LogP contribution in [-0.2, 0) is 20.7 Å². The van der Waals surface area contributed by atoms with E-state index in [1.165, 1.54) is 0 Å². The monoisotopic (exact) mass is 526 g/mol. The van der Waals surface area contributed by atoms with E-state index in [2.05, 4.69) is 0 Å². The lowest BCUT2D eigenvalue weighted by atomic mass is 9.76. The van der Waals surface area contributed by atoms with Gasteiger partial charge in [-0.1, -0.05) is 59.8 Å². The third-order valence-electron chi connectivity index (χ3n) is 6.60. The first-order chi connectivity index (χ1) is 15.8. The second kappa shape index (κ2) is 10.5. The molecule has 2 atom stereocenters. The van der Waals surface area contributed by atoms with Gasteiger partial charge in [-0.2, -0.15) is 0 Å². The maximum Gasteiger partial charge on any atom is 0.327 e. The molecule has 4 nitrogen and oxygen atoms in total. The van der Waals surface area contributed by atoms with Gasteiger partial charge < -0.3 is 9.47 Å². The minimum absolute atomic E-state index is 0.119. The molecule has 2 aromatic rings. The van der Waals surface area contributed by atoms with Crippen LogP contribution < -0.4 is 4.74 Å². The molecule has 2 aromatic carbocycles. The molecule has 8 heteroatoms. The second-order valence-corrected chi connectivity index (χ2v) is 11.0. The van der Waals surface area contributed by atoms with Crippen LogP contribution in [0, 0.1) is 5.92 Å². The number of hydrogen-bond acceptors (Lipinski definition) is 5. The number of aryl methyl sites for hydroxylation is 1. The average molecular weight is 528 g/mol. The number of ketones is 1. The maximum atomic E-state index is 13.3. The van der Waals surface area contributed by atoms with Crippen molar-refractivity contribution in [1.82, 2.24) is 0 Å². The van der Waals surface area contributed by atoms with Crippen molar-refractivity contribution in [1.29, 1.82) is 0 Å². The highest BCUT2D eigenvalue weighted by molar-refractivity contribution is 8.01. The summed E-state index contributed by atoms with van der Waals surface area (Å²) in [7, 11) is 1.58. The van der Waals surface area contributed by atoms with Crippen LogP contribution in [0.3, 0.4) is 0 Å². The van der Waals surface area contributed by atoms with Gasteiger partial charge in [-0.25, -0.2) is 0 Å². The Bertz CT molecular complexity index is 1030. The third kappa shape index (κ3) is 5.32. The summed E-state index contributed by atoms with van der Waals surface area (Å²) in [4.78, 5) is 27.0. The van der Waals surface area contributed by atoms with Crippen LogP contribution in [0.1, 0.15) is 44.1 Å². The molecule has 1 saturated carbocycles. The first kappa shape index (κ1) is 24.7. The van der Waals surface area contributed by atoms with Crippen molar-refractivity contribution in [3.63, 3.8) is 0 Å². The number of halogens is 3. The van der Waals surface area contributed by atoms with Gasteiger partial charge in [0.25, 0.3) is 0 Å². The predicted octanol–water partition coefficient (Wildman–Crippen LogP) is 7.19. The van der Waals surface area contributed by atoms with E-state index in [9.17, 15) is 9.59 Å². The molecule has 33 heavy (non-hydrogen) atoms. The predicted molar refractivity (Wildman–Crippen MR) is 133 cm³/mol. The lowest BCUT2D eigenvalue weighted by Gasteiger charge is -2.43. The molecular formula is C25H25Cl3O4S. The van der Waals surface area contributed by atoms with Crippen LogP contribution in [0.25, 0.3) is 0 Å². The summed E-state index contributed by atoms with van der Waals surface area (Å²) in [5.41, 5.74) is 0.232. The van der Waals surface area contributed by atoms with Crippen LogP contribution in [-0.4, -0.2) is 29.7 Å². The van der Waals surface area contributed by atoms with Crippen molar-refractivity contribution in [3.05, 3.63) is 57.0 Å². The molecule has 0 amide bonds. The summed E-state index contributed by atoms with van der Waals surface area (Å²) < 4.78 is 11.4. The molecule has 0 bridgehead atoms. The lowest BCUT2D eigenvalue weighted by molar-refractivity contribution is -0.177. The molecule has 2 aliphatic rings. The summed E-state index contributed by atoms with van der Waals surface area (Å²) in [5.74, 6) is 0.184. The van der Waals surface area contributed by atoms with E-state index in [-0.39, 0.29) is 18.1 Å². The van der Waals surface area contributed by atoms with E-state index in [0.717, 1.165) is 43.0 Å². The number of benzene rings is 2. The SMILES string of the molecule is COc1ccc(CCC2(C3CCCC3)CC(=O)C(Sc3cccc(Cl)c3Cl)C(=O)O2)cc1Cl. The number of carbonyl (C=O) groups excluding carboxylic acids is 2. The fourth-order valence-electron chi connectivity index (χ4n) is 4.87. The zero-order chi connectivity index (χ0) is 23.6.